The van der Waals surface area contributed by atoms with E-state index in [4.69, 9.17) is 0 Å². The maximum atomic E-state index is 10.6. The smallest absolute Gasteiger partial charge is 0.113 e. The highest BCUT2D eigenvalue weighted by Crippen LogP contribution is 2.31. The van der Waals surface area contributed by atoms with Gasteiger partial charge >= 0.3 is 0 Å². The maximum absolute atomic E-state index is 10.6. The molecule has 1 atom stereocenters. The van der Waals surface area contributed by atoms with Crippen molar-refractivity contribution >= 4 is 22.6 Å². The van der Waals surface area contributed by atoms with Gasteiger partial charge in [0.05, 0.1) is 0 Å². The lowest BCUT2D eigenvalue weighted by Crippen LogP contribution is -2.23. The van der Waals surface area contributed by atoms with Gasteiger partial charge < -0.3 is 5.11 Å². The number of benzene rings is 2. The Hall–Kier alpha value is -0.870. The molecule has 0 bridgehead atoms. The lowest BCUT2D eigenvalue weighted by molar-refractivity contribution is 0.101. The van der Waals surface area contributed by atoms with Gasteiger partial charge in [-0.25, -0.2) is 0 Å². The molecule has 2 aromatic rings. The molecule has 0 saturated carbocycles. The summed E-state index contributed by atoms with van der Waals surface area (Å²) in [5.74, 6) is 0. The fourth-order valence-corrected chi connectivity index (χ4v) is 2.69. The molecule has 0 unspecified atom stereocenters. The monoisotopic (exact) mass is 324 g/mol. The summed E-state index contributed by atoms with van der Waals surface area (Å²) in [5, 5.41) is 10.6. The third kappa shape index (κ3) is 2.13. The van der Waals surface area contributed by atoms with Gasteiger partial charge in [0, 0.05) is 9.13 Å². The molecule has 16 heavy (non-hydrogen) atoms. The van der Waals surface area contributed by atoms with E-state index in [0.29, 0.717) is 0 Å². The standard InChI is InChI=1S/C14H13IO/c1-14(16,11-7-3-2-4-8-11)12-9-5-6-10-13(12)15/h2-10,16H,1H3/t14-/m0/s1. The quantitative estimate of drug-likeness (QED) is 0.838. The highest BCUT2D eigenvalue weighted by molar-refractivity contribution is 14.1. The van der Waals surface area contributed by atoms with Crippen molar-refractivity contribution in [1.29, 1.82) is 0 Å². The molecule has 0 aliphatic rings. The average molecular weight is 324 g/mol. The number of rotatable bonds is 2. The van der Waals surface area contributed by atoms with Gasteiger partial charge in [0.25, 0.3) is 0 Å². The maximum Gasteiger partial charge on any atom is 0.113 e. The highest BCUT2D eigenvalue weighted by atomic mass is 127. The Morgan fingerprint density at radius 3 is 2.12 bits per heavy atom. The predicted molar refractivity (Wildman–Crippen MR) is 74.3 cm³/mol. The molecule has 1 N–H and O–H groups in total. The van der Waals surface area contributed by atoms with Crippen molar-refractivity contribution in [2.45, 2.75) is 12.5 Å². The fraction of sp³-hybridized carbons (Fsp3) is 0.143. The average Bonchev–Trinajstić information content (AvgIpc) is 2.30. The molecule has 0 radical (unpaired) electrons. The summed E-state index contributed by atoms with van der Waals surface area (Å²) in [6, 6.07) is 17.6. The van der Waals surface area contributed by atoms with Gasteiger partial charge in [0.1, 0.15) is 5.60 Å². The minimum absolute atomic E-state index is 0.916. The van der Waals surface area contributed by atoms with Crippen LogP contribution in [0.25, 0.3) is 0 Å². The minimum atomic E-state index is -0.932. The van der Waals surface area contributed by atoms with E-state index in [0.717, 1.165) is 14.7 Å². The Kier molecular flexibility index (Phi) is 3.30. The van der Waals surface area contributed by atoms with E-state index < -0.39 is 5.60 Å². The molecule has 0 aliphatic heterocycles. The van der Waals surface area contributed by atoms with E-state index in [2.05, 4.69) is 22.6 Å². The van der Waals surface area contributed by atoms with Crippen LogP contribution < -0.4 is 0 Å². The Morgan fingerprint density at radius 2 is 1.50 bits per heavy atom. The van der Waals surface area contributed by atoms with Crippen LogP contribution in [0.5, 0.6) is 0 Å². The molecule has 2 rings (SSSR count). The van der Waals surface area contributed by atoms with Gasteiger partial charge in [-0.3, -0.25) is 0 Å². The van der Waals surface area contributed by atoms with Gasteiger partial charge in [0.2, 0.25) is 0 Å². The fourth-order valence-electron chi connectivity index (χ4n) is 1.77. The first-order valence-corrected chi connectivity index (χ1v) is 6.23. The number of hydrogen-bond acceptors (Lipinski definition) is 1. The Balaban J connectivity index is 2.51. The lowest BCUT2D eigenvalue weighted by Gasteiger charge is -2.25. The molecule has 2 heteroatoms. The Labute approximate surface area is 109 Å². The van der Waals surface area contributed by atoms with Crippen LogP contribution in [0, 0.1) is 3.57 Å². The molecule has 0 amide bonds. The number of halogens is 1. The molecular weight excluding hydrogens is 311 g/mol. The highest BCUT2D eigenvalue weighted by Gasteiger charge is 2.26. The van der Waals surface area contributed by atoms with Gasteiger partial charge in [-0.15, -0.1) is 0 Å². The van der Waals surface area contributed by atoms with Gasteiger partial charge in [0.15, 0.2) is 0 Å². The van der Waals surface area contributed by atoms with Gasteiger partial charge in [-0.2, -0.15) is 0 Å². The minimum Gasteiger partial charge on any atom is -0.381 e. The van der Waals surface area contributed by atoms with Crippen LogP contribution in [0.1, 0.15) is 18.1 Å². The topological polar surface area (TPSA) is 20.2 Å². The van der Waals surface area contributed by atoms with Crippen molar-refractivity contribution < 1.29 is 5.11 Å². The third-order valence-corrected chi connectivity index (χ3v) is 3.67. The summed E-state index contributed by atoms with van der Waals surface area (Å²) >= 11 is 2.25. The molecule has 82 valence electrons. The van der Waals surface area contributed by atoms with Crippen molar-refractivity contribution in [3.8, 4) is 0 Å². The second-order valence-corrected chi connectivity index (χ2v) is 5.08. The zero-order valence-electron chi connectivity index (χ0n) is 9.02. The summed E-state index contributed by atoms with van der Waals surface area (Å²) < 4.78 is 1.08. The van der Waals surface area contributed by atoms with E-state index in [1.54, 1.807) is 0 Å². The van der Waals surface area contributed by atoms with E-state index in [-0.39, 0.29) is 0 Å². The molecule has 0 saturated heterocycles. The van der Waals surface area contributed by atoms with Crippen molar-refractivity contribution in [2.24, 2.45) is 0 Å². The normalized spacial score (nSPS) is 14.4. The zero-order chi connectivity index (χ0) is 11.6. The Bertz CT molecular complexity index is 477. The number of hydrogen-bond donors (Lipinski definition) is 1. The van der Waals surface area contributed by atoms with Crippen molar-refractivity contribution in [2.75, 3.05) is 0 Å². The summed E-state index contributed by atoms with van der Waals surface area (Å²) in [6.45, 7) is 1.83. The first-order valence-electron chi connectivity index (χ1n) is 5.15. The van der Waals surface area contributed by atoms with E-state index >= 15 is 0 Å². The Morgan fingerprint density at radius 1 is 0.938 bits per heavy atom. The van der Waals surface area contributed by atoms with E-state index in [1.807, 2.05) is 61.5 Å². The van der Waals surface area contributed by atoms with Crippen LogP contribution >= 0.6 is 22.6 Å². The van der Waals surface area contributed by atoms with Crippen LogP contribution in [0.15, 0.2) is 54.6 Å². The molecule has 0 fully saturated rings. The second-order valence-electron chi connectivity index (χ2n) is 3.92. The van der Waals surface area contributed by atoms with Crippen molar-refractivity contribution in [1.82, 2.24) is 0 Å². The summed E-state index contributed by atoms with van der Waals surface area (Å²) in [4.78, 5) is 0. The summed E-state index contributed by atoms with van der Waals surface area (Å²) in [6.07, 6.45) is 0. The third-order valence-electron chi connectivity index (χ3n) is 2.73. The first-order chi connectivity index (χ1) is 7.62. The predicted octanol–water partition coefficient (Wildman–Crippen LogP) is 3.55. The van der Waals surface area contributed by atoms with Crippen molar-refractivity contribution in [3.05, 3.63) is 69.3 Å². The molecule has 0 aliphatic carbocycles. The summed E-state index contributed by atoms with van der Waals surface area (Å²) in [7, 11) is 0. The van der Waals surface area contributed by atoms with Crippen LogP contribution in [-0.2, 0) is 5.60 Å². The van der Waals surface area contributed by atoms with Crippen LogP contribution in [-0.4, -0.2) is 5.11 Å². The van der Waals surface area contributed by atoms with E-state index in [1.165, 1.54) is 0 Å². The van der Waals surface area contributed by atoms with Gasteiger partial charge in [-0.1, -0.05) is 48.5 Å². The van der Waals surface area contributed by atoms with Crippen molar-refractivity contribution in [3.63, 3.8) is 0 Å². The van der Waals surface area contributed by atoms with Crippen LogP contribution in [0.4, 0.5) is 0 Å². The largest absolute Gasteiger partial charge is 0.381 e. The first kappa shape index (κ1) is 11.6. The summed E-state index contributed by atoms with van der Waals surface area (Å²) in [5.41, 5.74) is 0.930. The zero-order valence-corrected chi connectivity index (χ0v) is 11.2. The molecule has 1 nitrogen and oxygen atoms in total. The molecule has 0 spiro atoms. The van der Waals surface area contributed by atoms with Gasteiger partial charge in [-0.05, 0) is 41.1 Å². The molecular formula is C14H13IO. The SMILES string of the molecule is C[C@](O)(c1ccccc1)c1ccccc1I. The van der Waals surface area contributed by atoms with Crippen LogP contribution in [0.3, 0.4) is 0 Å². The van der Waals surface area contributed by atoms with Crippen LogP contribution in [0.2, 0.25) is 0 Å². The molecule has 0 aromatic heterocycles. The molecule has 2 aromatic carbocycles. The second kappa shape index (κ2) is 4.55. The van der Waals surface area contributed by atoms with E-state index in [9.17, 15) is 5.11 Å². The molecule has 0 heterocycles. The lowest BCUT2D eigenvalue weighted by atomic mass is 9.88. The number of aliphatic hydroxyl groups is 1.